The SMILES string of the molecule is CCCCN(C(=O)CCSc1ccccc1F)c1c(N)n(Cc2ccccc2)c(=O)[nH]c1=O. The predicted molar refractivity (Wildman–Crippen MR) is 130 cm³/mol. The number of nitrogens with zero attached hydrogens (tertiary/aromatic N) is 2. The van der Waals surface area contributed by atoms with Gasteiger partial charge < -0.3 is 10.6 Å². The second-order valence-electron chi connectivity index (χ2n) is 7.49. The molecule has 1 amide bonds. The van der Waals surface area contributed by atoms with Crippen molar-refractivity contribution < 1.29 is 9.18 Å². The third kappa shape index (κ3) is 6.13. The maximum absolute atomic E-state index is 13.9. The fourth-order valence-electron chi connectivity index (χ4n) is 3.38. The van der Waals surface area contributed by atoms with Crippen molar-refractivity contribution in [2.75, 3.05) is 22.9 Å². The molecule has 0 aliphatic heterocycles. The van der Waals surface area contributed by atoms with E-state index in [4.69, 9.17) is 5.73 Å². The molecule has 9 heteroatoms. The number of benzene rings is 2. The number of nitrogens with two attached hydrogens (primary N) is 1. The number of nitrogen functional groups attached to an aromatic ring is 1. The van der Waals surface area contributed by atoms with Crippen molar-refractivity contribution in [2.45, 2.75) is 37.6 Å². The molecule has 0 spiro atoms. The molecule has 3 rings (SSSR count). The van der Waals surface area contributed by atoms with Crippen LogP contribution in [0.1, 0.15) is 31.7 Å². The van der Waals surface area contributed by atoms with Gasteiger partial charge in [-0.05, 0) is 24.1 Å². The summed E-state index contributed by atoms with van der Waals surface area (Å²) in [6.07, 6.45) is 1.54. The van der Waals surface area contributed by atoms with Crippen molar-refractivity contribution in [2.24, 2.45) is 0 Å². The molecular weight excluding hydrogens is 443 g/mol. The fraction of sp³-hybridized carbons (Fsp3) is 0.292. The Morgan fingerprint density at radius 3 is 2.52 bits per heavy atom. The van der Waals surface area contributed by atoms with Crippen LogP contribution in [0, 0.1) is 5.82 Å². The van der Waals surface area contributed by atoms with Gasteiger partial charge in [0.25, 0.3) is 5.56 Å². The van der Waals surface area contributed by atoms with Gasteiger partial charge in [-0.3, -0.25) is 19.1 Å². The van der Waals surface area contributed by atoms with Crippen LogP contribution < -0.4 is 21.9 Å². The van der Waals surface area contributed by atoms with Gasteiger partial charge in [-0.15, -0.1) is 11.8 Å². The van der Waals surface area contributed by atoms with Gasteiger partial charge in [-0.1, -0.05) is 55.8 Å². The Bertz CT molecular complexity index is 1210. The van der Waals surface area contributed by atoms with Gasteiger partial charge in [0, 0.05) is 23.6 Å². The van der Waals surface area contributed by atoms with Crippen LogP contribution in [0.25, 0.3) is 0 Å². The number of hydrogen-bond acceptors (Lipinski definition) is 5. The lowest BCUT2D eigenvalue weighted by Crippen LogP contribution is -2.41. The maximum Gasteiger partial charge on any atom is 0.330 e. The first-order valence-corrected chi connectivity index (χ1v) is 11.7. The second-order valence-corrected chi connectivity index (χ2v) is 8.63. The Balaban J connectivity index is 1.87. The lowest BCUT2D eigenvalue weighted by molar-refractivity contribution is -0.118. The summed E-state index contributed by atoms with van der Waals surface area (Å²) in [5.41, 5.74) is 5.74. The molecule has 0 saturated heterocycles. The molecule has 33 heavy (non-hydrogen) atoms. The largest absolute Gasteiger partial charge is 0.383 e. The molecule has 3 N–H and O–H groups in total. The van der Waals surface area contributed by atoms with Crippen LogP contribution in [0.15, 0.2) is 69.1 Å². The summed E-state index contributed by atoms with van der Waals surface area (Å²) < 4.78 is 15.1. The Morgan fingerprint density at radius 2 is 1.82 bits per heavy atom. The number of carbonyl (C=O) groups excluding carboxylic acids is 1. The third-order valence-corrected chi connectivity index (χ3v) is 6.16. The van der Waals surface area contributed by atoms with Crippen LogP contribution in [0.5, 0.6) is 0 Å². The highest BCUT2D eigenvalue weighted by Gasteiger charge is 2.24. The zero-order chi connectivity index (χ0) is 23.8. The standard InChI is InChI=1S/C24H27FN4O3S/c1-2-3-14-28(20(30)13-15-33-19-12-8-7-11-18(19)25)21-22(26)29(24(32)27-23(21)31)16-17-9-5-4-6-10-17/h4-12H,2-3,13-16,26H2,1H3,(H,27,31,32). The summed E-state index contributed by atoms with van der Waals surface area (Å²) in [5.74, 6) is -0.371. The smallest absolute Gasteiger partial charge is 0.330 e. The maximum atomic E-state index is 13.9. The molecule has 0 unspecified atom stereocenters. The van der Waals surface area contributed by atoms with E-state index in [0.29, 0.717) is 17.1 Å². The first-order chi connectivity index (χ1) is 15.9. The predicted octanol–water partition coefficient (Wildman–Crippen LogP) is 3.62. The minimum Gasteiger partial charge on any atom is -0.383 e. The van der Waals surface area contributed by atoms with Gasteiger partial charge in [0.1, 0.15) is 11.6 Å². The first kappa shape index (κ1) is 24.3. The second kappa shape index (κ2) is 11.5. The van der Waals surface area contributed by atoms with Crippen molar-refractivity contribution in [3.63, 3.8) is 0 Å². The van der Waals surface area contributed by atoms with Crippen LogP contribution >= 0.6 is 11.8 Å². The number of amides is 1. The number of H-pyrrole nitrogens is 1. The number of unbranched alkanes of at least 4 members (excludes halogenated alkanes) is 1. The lowest BCUT2D eigenvalue weighted by Gasteiger charge is -2.24. The Hall–Kier alpha value is -3.33. The van der Waals surface area contributed by atoms with E-state index in [0.717, 1.165) is 12.0 Å². The first-order valence-electron chi connectivity index (χ1n) is 10.8. The molecule has 7 nitrogen and oxygen atoms in total. The van der Waals surface area contributed by atoms with Crippen molar-refractivity contribution >= 4 is 29.2 Å². The monoisotopic (exact) mass is 470 g/mol. The quantitative estimate of drug-likeness (QED) is 0.441. The van der Waals surface area contributed by atoms with Crippen LogP contribution in [-0.4, -0.2) is 27.8 Å². The van der Waals surface area contributed by atoms with Crippen molar-refractivity contribution in [3.8, 4) is 0 Å². The number of carbonyl (C=O) groups is 1. The van der Waals surface area contributed by atoms with Gasteiger partial charge in [0.2, 0.25) is 5.91 Å². The van der Waals surface area contributed by atoms with Crippen LogP contribution in [0.4, 0.5) is 15.9 Å². The topological polar surface area (TPSA) is 101 Å². The van der Waals surface area contributed by atoms with Crippen molar-refractivity contribution in [1.29, 1.82) is 0 Å². The molecule has 0 bridgehead atoms. The third-order valence-electron chi connectivity index (χ3n) is 5.11. The van der Waals surface area contributed by atoms with E-state index in [2.05, 4.69) is 4.98 Å². The highest BCUT2D eigenvalue weighted by atomic mass is 32.2. The average molecular weight is 471 g/mol. The molecule has 0 fully saturated rings. The number of aromatic nitrogens is 2. The highest BCUT2D eigenvalue weighted by molar-refractivity contribution is 7.99. The summed E-state index contributed by atoms with van der Waals surface area (Å²) in [4.78, 5) is 42.4. The molecule has 3 aromatic rings. The highest BCUT2D eigenvalue weighted by Crippen LogP contribution is 2.24. The summed E-state index contributed by atoms with van der Waals surface area (Å²) in [7, 11) is 0. The number of thioether (sulfide) groups is 1. The number of nitrogens with one attached hydrogen (secondary N) is 1. The molecule has 0 saturated carbocycles. The fourth-order valence-corrected chi connectivity index (χ4v) is 4.26. The number of aromatic amines is 1. The van der Waals surface area contributed by atoms with Gasteiger partial charge >= 0.3 is 5.69 Å². The number of halogens is 1. The van der Waals surface area contributed by atoms with Gasteiger partial charge in [-0.25, -0.2) is 9.18 Å². The van der Waals surface area contributed by atoms with Gasteiger partial charge in [-0.2, -0.15) is 0 Å². The lowest BCUT2D eigenvalue weighted by atomic mass is 10.2. The Labute approximate surface area is 195 Å². The minimum absolute atomic E-state index is 0.0279. The van der Waals surface area contributed by atoms with Crippen LogP contribution in [0.3, 0.4) is 0 Å². The summed E-state index contributed by atoms with van der Waals surface area (Å²) in [6, 6.07) is 15.6. The molecule has 1 heterocycles. The molecular formula is C24H27FN4O3S. The van der Waals surface area contributed by atoms with E-state index in [1.54, 1.807) is 18.2 Å². The summed E-state index contributed by atoms with van der Waals surface area (Å²) >= 11 is 1.23. The molecule has 174 valence electrons. The number of hydrogen-bond donors (Lipinski definition) is 2. The molecule has 0 aliphatic rings. The van der Waals surface area contributed by atoms with E-state index in [-0.39, 0.29) is 42.7 Å². The van der Waals surface area contributed by atoms with Crippen LogP contribution in [0.2, 0.25) is 0 Å². The summed E-state index contributed by atoms with van der Waals surface area (Å²) in [5, 5.41) is 0. The number of rotatable bonds is 10. The van der Waals surface area contributed by atoms with E-state index in [1.165, 1.54) is 27.3 Å². The normalized spacial score (nSPS) is 10.8. The molecule has 1 aromatic heterocycles. The molecule has 2 aromatic carbocycles. The van der Waals surface area contributed by atoms with Gasteiger partial charge in [0.05, 0.1) is 6.54 Å². The zero-order valence-corrected chi connectivity index (χ0v) is 19.2. The van der Waals surface area contributed by atoms with E-state index in [9.17, 15) is 18.8 Å². The minimum atomic E-state index is -0.701. The summed E-state index contributed by atoms with van der Waals surface area (Å²) in [6.45, 7) is 2.42. The van der Waals surface area contributed by atoms with Crippen LogP contribution in [-0.2, 0) is 11.3 Å². The van der Waals surface area contributed by atoms with Gasteiger partial charge in [0.15, 0.2) is 5.69 Å². The van der Waals surface area contributed by atoms with E-state index in [1.807, 2.05) is 37.3 Å². The van der Waals surface area contributed by atoms with E-state index < -0.39 is 11.2 Å². The molecule has 0 aliphatic carbocycles. The average Bonchev–Trinajstić information content (AvgIpc) is 2.80. The Kier molecular flexibility index (Phi) is 8.48. The number of anilines is 2. The Morgan fingerprint density at radius 1 is 1.12 bits per heavy atom. The van der Waals surface area contributed by atoms with Crippen molar-refractivity contribution in [1.82, 2.24) is 9.55 Å². The van der Waals surface area contributed by atoms with E-state index >= 15 is 0 Å². The molecule has 0 radical (unpaired) electrons. The van der Waals surface area contributed by atoms with Crippen molar-refractivity contribution in [3.05, 3.63) is 86.8 Å². The zero-order valence-electron chi connectivity index (χ0n) is 18.4. The molecule has 0 atom stereocenters.